The van der Waals surface area contributed by atoms with Crippen molar-refractivity contribution in [2.75, 3.05) is 6.61 Å². The number of aryl methyl sites for hydroxylation is 1. The zero-order chi connectivity index (χ0) is 13.9. The van der Waals surface area contributed by atoms with E-state index in [1.54, 1.807) is 0 Å². The Hall–Kier alpha value is -1.36. The number of rotatable bonds is 4. The van der Waals surface area contributed by atoms with Crippen molar-refractivity contribution < 1.29 is 9.53 Å². The quantitative estimate of drug-likeness (QED) is 0.914. The van der Waals surface area contributed by atoms with Crippen LogP contribution in [0.2, 0.25) is 0 Å². The fourth-order valence-electron chi connectivity index (χ4n) is 3.34. The van der Waals surface area contributed by atoms with E-state index in [0.29, 0.717) is 6.10 Å². The second kappa shape index (κ2) is 5.95. The lowest BCUT2D eigenvalue weighted by Crippen LogP contribution is -2.34. The van der Waals surface area contributed by atoms with E-state index in [1.807, 2.05) is 17.9 Å². The monoisotopic (exact) mass is 277 g/mol. The van der Waals surface area contributed by atoms with Crippen molar-refractivity contribution in [2.45, 2.75) is 57.1 Å². The fraction of sp³-hybridized carbons (Fsp3) is 0.733. The number of nitrogens with zero attached hydrogens (tertiary/aromatic N) is 2. The minimum atomic E-state index is -0.00129. The largest absolute Gasteiger partial charge is 0.368 e. The zero-order valence-corrected chi connectivity index (χ0v) is 12.1. The van der Waals surface area contributed by atoms with Gasteiger partial charge in [-0.2, -0.15) is 5.10 Å². The molecule has 3 rings (SSSR count). The molecular weight excluding hydrogens is 254 g/mol. The summed E-state index contributed by atoms with van der Waals surface area (Å²) in [5.41, 5.74) is 2.42. The fourth-order valence-corrected chi connectivity index (χ4v) is 3.34. The minimum absolute atomic E-state index is 0.00129. The number of ether oxygens (including phenoxy) is 1. The van der Waals surface area contributed by atoms with Crippen LogP contribution in [0.15, 0.2) is 6.20 Å². The second-order valence-electron chi connectivity index (χ2n) is 5.90. The molecule has 0 saturated heterocycles. The molecule has 1 aromatic heterocycles. The van der Waals surface area contributed by atoms with Crippen molar-refractivity contribution in [1.82, 2.24) is 15.1 Å². The maximum atomic E-state index is 12.0. The van der Waals surface area contributed by atoms with Crippen molar-refractivity contribution >= 4 is 5.91 Å². The summed E-state index contributed by atoms with van der Waals surface area (Å²) in [6.45, 7) is 0.191. The van der Waals surface area contributed by atoms with Crippen LogP contribution < -0.4 is 5.32 Å². The Morgan fingerprint density at radius 2 is 2.20 bits per heavy atom. The van der Waals surface area contributed by atoms with E-state index < -0.39 is 0 Å². The molecule has 1 unspecified atom stereocenters. The highest BCUT2D eigenvalue weighted by molar-refractivity contribution is 5.77. The topological polar surface area (TPSA) is 56.2 Å². The molecule has 2 aliphatic carbocycles. The second-order valence-corrected chi connectivity index (χ2v) is 5.90. The van der Waals surface area contributed by atoms with E-state index in [-0.39, 0.29) is 18.6 Å². The summed E-state index contributed by atoms with van der Waals surface area (Å²) < 4.78 is 7.59. The number of aromatic nitrogens is 2. The van der Waals surface area contributed by atoms with Gasteiger partial charge < -0.3 is 10.1 Å². The van der Waals surface area contributed by atoms with E-state index in [1.165, 1.54) is 24.1 Å². The summed E-state index contributed by atoms with van der Waals surface area (Å²) in [5.74, 6) is -0.00129. The average Bonchev–Trinajstić information content (AvgIpc) is 3.08. The number of fused-ring (bicyclic) bond motifs is 1. The molecule has 5 heteroatoms. The molecule has 1 heterocycles. The summed E-state index contributed by atoms with van der Waals surface area (Å²) >= 11 is 0. The molecule has 0 bridgehead atoms. The van der Waals surface area contributed by atoms with Gasteiger partial charge in [0.05, 0.1) is 18.3 Å². The number of hydrogen-bond acceptors (Lipinski definition) is 3. The third-order valence-corrected chi connectivity index (χ3v) is 4.46. The predicted molar refractivity (Wildman–Crippen MR) is 75.2 cm³/mol. The molecule has 0 aliphatic heterocycles. The van der Waals surface area contributed by atoms with Gasteiger partial charge in [-0.1, -0.05) is 12.8 Å². The minimum Gasteiger partial charge on any atom is -0.368 e. The van der Waals surface area contributed by atoms with Gasteiger partial charge in [0.1, 0.15) is 6.61 Å². The summed E-state index contributed by atoms with van der Waals surface area (Å²) in [7, 11) is 1.96. The van der Waals surface area contributed by atoms with Gasteiger partial charge >= 0.3 is 0 Å². The van der Waals surface area contributed by atoms with E-state index in [9.17, 15) is 4.79 Å². The van der Waals surface area contributed by atoms with Crippen LogP contribution in [0.4, 0.5) is 0 Å². The van der Waals surface area contributed by atoms with Crippen molar-refractivity contribution in [1.29, 1.82) is 0 Å². The number of carbonyl (C=O) groups is 1. The molecule has 1 N–H and O–H groups in total. The van der Waals surface area contributed by atoms with Gasteiger partial charge in [0.25, 0.3) is 0 Å². The lowest BCUT2D eigenvalue weighted by atomic mass is 9.93. The lowest BCUT2D eigenvalue weighted by Gasteiger charge is -2.24. The molecule has 0 aromatic carbocycles. The van der Waals surface area contributed by atoms with Crippen LogP contribution in [0.25, 0.3) is 0 Å². The molecule has 1 aromatic rings. The molecular formula is C15H23N3O2. The Morgan fingerprint density at radius 3 is 3.00 bits per heavy atom. The van der Waals surface area contributed by atoms with Crippen LogP contribution in [0.3, 0.4) is 0 Å². The molecule has 0 spiro atoms. The first kappa shape index (κ1) is 13.6. The molecule has 1 amide bonds. The van der Waals surface area contributed by atoms with Crippen LogP contribution in [-0.4, -0.2) is 28.4 Å². The first-order valence-electron chi connectivity index (χ1n) is 7.66. The number of hydrogen-bond donors (Lipinski definition) is 1. The number of nitrogens with one attached hydrogen (secondary N) is 1. The molecule has 1 fully saturated rings. The van der Waals surface area contributed by atoms with Gasteiger partial charge in [-0.3, -0.25) is 9.48 Å². The standard InChI is InChI=1S/C15H23N3O2/c1-18-14-8-4-7-13(12(14)9-16-18)17-15(19)10-20-11-5-2-3-6-11/h9,11,13H,2-8,10H2,1H3,(H,17,19). The van der Waals surface area contributed by atoms with Gasteiger partial charge in [-0.15, -0.1) is 0 Å². The molecule has 0 radical (unpaired) electrons. The maximum Gasteiger partial charge on any atom is 0.246 e. The first-order valence-corrected chi connectivity index (χ1v) is 7.66. The Bertz CT molecular complexity index is 477. The summed E-state index contributed by atoms with van der Waals surface area (Å²) in [5, 5.41) is 7.39. The van der Waals surface area contributed by atoms with Gasteiger partial charge in [0, 0.05) is 18.3 Å². The van der Waals surface area contributed by atoms with E-state index in [2.05, 4.69) is 10.4 Å². The average molecular weight is 277 g/mol. The smallest absolute Gasteiger partial charge is 0.246 e. The normalized spacial score (nSPS) is 22.8. The summed E-state index contributed by atoms with van der Waals surface area (Å²) in [6, 6.07) is 0.104. The molecule has 2 aliphatic rings. The summed E-state index contributed by atoms with van der Waals surface area (Å²) in [4.78, 5) is 12.0. The maximum absolute atomic E-state index is 12.0. The van der Waals surface area contributed by atoms with Gasteiger partial charge in [0.2, 0.25) is 5.91 Å². The molecule has 1 saturated carbocycles. The van der Waals surface area contributed by atoms with Crippen LogP contribution in [0, 0.1) is 0 Å². The Balaban J connectivity index is 1.54. The predicted octanol–water partition coefficient (Wildman–Crippen LogP) is 1.87. The third-order valence-electron chi connectivity index (χ3n) is 4.46. The Kier molecular flexibility index (Phi) is 4.05. The van der Waals surface area contributed by atoms with Crippen molar-refractivity contribution in [2.24, 2.45) is 7.05 Å². The van der Waals surface area contributed by atoms with Crippen molar-refractivity contribution in [3.05, 3.63) is 17.5 Å². The molecule has 1 atom stereocenters. The highest BCUT2D eigenvalue weighted by atomic mass is 16.5. The lowest BCUT2D eigenvalue weighted by molar-refractivity contribution is -0.128. The molecule has 5 nitrogen and oxygen atoms in total. The SMILES string of the molecule is Cn1ncc2c1CCCC2NC(=O)COC1CCCC1. The highest BCUT2D eigenvalue weighted by Crippen LogP contribution is 2.29. The van der Waals surface area contributed by atoms with Gasteiger partial charge in [-0.25, -0.2) is 0 Å². The van der Waals surface area contributed by atoms with Crippen LogP contribution in [0.1, 0.15) is 55.8 Å². The van der Waals surface area contributed by atoms with E-state index >= 15 is 0 Å². The summed E-state index contributed by atoms with van der Waals surface area (Å²) in [6.07, 6.45) is 9.98. The molecule has 110 valence electrons. The first-order chi connectivity index (χ1) is 9.74. The highest BCUT2D eigenvalue weighted by Gasteiger charge is 2.25. The van der Waals surface area contributed by atoms with Crippen molar-refractivity contribution in [3.63, 3.8) is 0 Å². The Labute approximate surface area is 119 Å². The van der Waals surface area contributed by atoms with Gasteiger partial charge in [-0.05, 0) is 32.1 Å². The molecule has 20 heavy (non-hydrogen) atoms. The number of amides is 1. The van der Waals surface area contributed by atoms with E-state index in [4.69, 9.17) is 4.74 Å². The van der Waals surface area contributed by atoms with Crippen LogP contribution >= 0.6 is 0 Å². The third kappa shape index (κ3) is 2.87. The zero-order valence-electron chi connectivity index (χ0n) is 12.1. The van der Waals surface area contributed by atoms with Crippen LogP contribution in [0.5, 0.6) is 0 Å². The Morgan fingerprint density at radius 1 is 1.40 bits per heavy atom. The van der Waals surface area contributed by atoms with Crippen molar-refractivity contribution in [3.8, 4) is 0 Å². The number of carbonyl (C=O) groups excluding carboxylic acids is 1. The van der Waals surface area contributed by atoms with Crippen LogP contribution in [-0.2, 0) is 23.0 Å². The van der Waals surface area contributed by atoms with Gasteiger partial charge in [0.15, 0.2) is 0 Å². The van der Waals surface area contributed by atoms with E-state index in [0.717, 1.165) is 32.1 Å².